The molecule has 0 bridgehead atoms. The first-order valence-electron chi connectivity index (χ1n) is 4.05. The SMILES string of the molecule is CCN(N=O)c1ccccc1[N+](=O)[O-]. The third-order valence-electron chi connectivity index (χ3n) is 1.75. The molecule has 74 valence electrons. The van der Waals surface area contributed by atoms with Crippen LogP contribution in [0.1, 0.15) is 6.92 Å². The van der Waals surface area contributed by atoms with Crippen LogP contribution in [0, 0.1) is 15.0 Å². The van der Waals surface area contributed by atoms with Gasteiger partial charge in [-0.25, -0.2) is 5.01 Å². The summed E-state index contributed by atoms with van der Waals surface area (Å²) in [5, 5.41) is 14.3. The smallest absolute Gasteiger partial charge is 0.258 e. The highest BCUT2D eigenvalue weighted by molar-refractivity contribution is 5.62. The zero-order chi connectivity index (χ0) is 10.6. The van der Waals surface area contributed by atoms with Crippen molar-refractivity contribution >= 4 is 11.4 Å². The van der Waals surface area contributed by atoms with Crippen LogP contribution in [0.15, 0.2) is 29.6 Å². The summed E-state index contributed by atoms with van der Waals surface area (Å²) >= 11 is 0. The van der Waals surface area contributed by atoms with Crippen LogP contribution in [0.3, 0.4) is 0 Å². The molecule has 0 atom stereocenters. The molecule has 0 aliphatic heterocycles. The van der Waals surface area contributed by atoms with Crippen LogP contribution in [0.25, 0.3) is 0 Å². The maximum atomic E-state index is 10.6. The number of nitroso groups, excluding NO2 is 1. The summed E-state index contributed by atoms with van der Waals surface area (Å²) in [6.45, 7) is 1.99. The molecule has 6 heteroatoms. The normalized spacial score (nSPS) is 9.50. The Morgan fingerprint density at radius 3 is 2.64 bits per heavy atom. The number of nitro groups is 1. The van der Waals surface area contributed by atoms with Crippen LogP contribution < -0.4 is 5.01 Å². The molecule has 0 N–H and O–H groups in total. The minimum absolute atomic E-state index is 0.117. The van der Waals surface area contributed by atoms with Gasteiger partial charge in [0.15, 0.2) is 0 Å². The lowest BCUT2D eigenvalue weighted by molar-refractivity contribution is -0.384. The first kappa shape index (κ1) is 10.1. The Hall–Kier alpha value is -1.98. The zero-order valence-electron chi connectivity index (χ0n) is 7.58. The van der Waals surface area contributed by atoms with E-state index in [2.05, 4.69) is 5.29 Å². The molecule has 0 aliphatic carbocycles. The van der Waals surface area contributed by atoms with Gasteiger partial charge in [0.1, 0.15) is 5.69 Å². The van der Waals surface area contributed by atoms with Gasteiger partial charge < -0.3 is 0 Å². The van der Waals surface area contributed by atoms with Gasteiger partial charge in [-0.3, -0.25) is 10.1 Å². The summed E-state index contributed by atoms with van der Waals surface area (Å²) in [5.41, 5.74) is 0.101. The van der Waals surface area contributed by atoms with E-state index in [0.717, 1.165) is 5.01 Å². The molecule has 1 aromatic rings. The summed E-state index contributed by atoms with van der Waals surface area (Å²) in [4.78, 5) is 20.4. The number of para-hydroxylation sites is 2. The molecule has 14 heavy (non-hydrogen) atoms. The van der Waals surface area contributed by atoms with Crippen molar-refractivity contribution in [3.05, 3.63) is 39.3 Å². The second kappa shape index (κ2) is 4.31. The van der Waals surface area contributed by atoms with Gasteiger partial charge >= 0.3 is 0 Å². The Morgan fingerprint density at radius 1 is 1.50 bits per heavy atom. The molecule has 0 saturated heterocycles. The van der Waals surface area contributed by atoms with E-state index in [-0.39, 0.29) is 11.4 Å². The number of hydrogen-bond donors (Lipinski definition) is 0. The molecule has 0 spiro atoms. The Balaban J connectivity index is 3.18. The van der Waals surface area contributed by atoms with Crippen molar-refractivity contribution in [1.82, 2.24) is 0 Å². The largest absolute Gasteiger partial charge is 0.294 e. The van der Waals surface area contributed by atoms with Crippen LogP contribution >= 0.6 is 0 Å². The van der Waals surface area contributed by atoms with Crippen LogP contribution in [0.5, 0.6) is 0 Å². The van der Waals surface area contributed by atoms with Crippen molar-refractivity contribution in [2.45, 2.75) is 6.92 Å². The lowest BCUT2D eigenvalue weighted by Gasteiger charge is -2.11. The highest BCUT2D eigenvalue weighted by Crippen LogP contribution is 2.27. The van der Waals surface area contributed by atoms with E-state index >= 15 is 0 Å². The second-order valence-electron chi connectivity index (χ2n) is 2.54. The number of anilines is 1. The van der Waals surface area contributed by atoms with Gasteiger partial charge in [-0.2, -0.15) is 0 Å². The van der Waals surface area contributed by atoms with E-state index in [1.807, 2.05) is 0 Å². The number of hydrogen-bond acceptors (Lipinski definition) is 4. The minimum atomic E-state index is -0.539. The summed E-state index contributed by atoms with van der Waals surface area (Å²) in [5.74, 6) is 0. The lowest BCUT2D eigenvalue weighted by atomic mass is 10.2. The minimum Gasteiger partial charge on any atom is -0.258 e. The van der Waals surface area contributed by atoms with E-state index < -0.39 is 4.92 Å². The molecule has 0 saturated carbocycles. The average Bonchev–Trinajstić information content (AvgIpc) is 2.20. The molecule has 0 amide bonds. The van der Waals surface area contributed by atoms with Gasteiger partial charge in [0.05, 0.1) is 10.2 Å². The van der Waals surface area contributed by atoms with E-state index in [4.69, 9.17) is 0 Å². The standard InChI is InChI=1S/C8H9N3O3/c1-2-10(9-12)7-5-3-4-6-8(7)11(13)14/h3-6H,2H2,1H3. The highest BCUT2D eigenvalue weighted by atomic mass is 16.6. The van der Waals surface area contributed by atoms with Gasteiger partial charge in [0.2, 0.25) is 0 Å². The predicted molar refractivity (Wildman–Crippen MR) is 51.9 cm³/mol. The molecule has 0 unspecified atom stereocenters. The maximum absolute atomic E-state index is 10.6. The summed E-state index contributed by atoms with van der Waals surface area (Å²) in [7, 11) is 0. The first-order chi connectivity index (χ1) is 6.70. The summed E-state index contributed by atoms with van der Waals surface area (Å²) in [6.07, 6.45) is 0. The molecule has 1 rings (SSSR count). The third-order valence-corrected chi connectivity index (χ3v) is 1.75. The molecule has 0 fully saturated rings. The second-order valence-corrected chi connectivity index (χ2v) is 2.54. The Labute approximate surface area is 80.2 Å². The fourth-order valence-corrected chi connectivity index (χ4v) is 1.11. The Morgan fingerprint density at radius 2 is 2.14 bits per heavy atom. The first-order valence-corrected chi connectivity index (χ1v) is 4.05. The molecule has 6 nitrogen and oxygen atoms in total. The average molecular weight is 195 g/mol. The van der Waals surface area contributed by atoms with Crippen LogP contribution in [0.4, 0.5) is 11.4 Å². The predicted octanol–water partition coefficient (Wildman–Crippen LogP) is 2.10. The van der Waals surface area contributed by atoms with Gasteiger partial charge in [0.25, 0.3) is 5.69 Å². The molecule has 0 heterocycles. The van der Waals surface area contributed by atoms with Crippen molar-refractivity contribution in [3.8, 4) is 0 Å². The highest BCUT2D eigenvalue weighted by Gasteiger charge is 2.17. The summed E-state index contributed by atoms with van der Waals surface area (Å²) < 4.78 is 0. The molecule has 0 aromatic heterocycles. The molecular weight excluding hydrogens is 186 g/mol. The number of nitrogens with zero attached hydrogens (tertiary/aromatic N) is 3. The van der Waals surface area contributed by atoms with Crippen molar-refractivity contribution < 1.29 is 4.92 Å². The fraction of sp³-hybridized carbons (Fsp3) is 0.250. The molecule has 0 aliphatic rings. The van der Waals surface area contributed by atoms with Crippen molar-refractivity contribution in [1.29, 1.82) is 0 Å². The quantitative estimate of drug-likeness (QED) is 0.418. The molecule has 0 radical (unpaired) electrons. The van der Waals surface area contributed by atoms with Crippen molar-refractivity contribution in [2.75, 3.05) is 11.6 Å². The molecule has 1 aromatic carbocycles. The van der Waals surface area contributed by atoms with E-state index in [0.29, 0.717) is 6.54 Å². The van der Waals surface area contributed by atoms with Gasteiger partial charge in [-0.15, -0.1) is 4.91 Å². The lowest BCUT2D eigenvalue weighted by Crippen LogP contribution is -2.15. The maximum Gasteiger partial charge on any atom is 0.294 e. The van der Waals surface area contributed by atoms with Gasteiger partial charge in [-0.1, -0.05) is 12.1 Å². The monoisotopic (exact) mass is 195 g/mol. The van der Waals surface area contributed by atoms with Crippen LogP contribution in [-0.4, -0.2) is 11.5 Å². The number of rotatable bonds is 4. The third kappa shape index (κ3) is 1.85. The van der Waals surface area contributed by atoms with Gasteiger partial charge in [-0.05, 0) is 13.0 Å². The Kier molecular flexibility index (Phi) is 3.11. The number of nitro benzene ring substituents is 1. The number of benzene rings is 1. The van der Waals surface area contributed by atoms with Crippen LogP contribution in [-0.2, 0) is 0 Å². The van der Waals surface area contributed by atoms with E-state index in [9.17, 15) is 15.0 Å². The van der Waals surface area contributed by atoms with Crippen molar-refractivity contribution in [2.24, 2.45) is 5.29 Å². The van der Waals surface area contributed by atoms with E-state index in [1.165, 1.54) is 12.1 Å². The summed E-state index contributed by atoms with van der Waals surface area (Å²) in [6, 6.07) is 5.99. The van der Waals surface area contributed by atoms with E-state index in [1.54, 1.807) is 19.1 Å². The molecular formula is C8H9N3O3. The van der Waals surface area contributed by atoms with Gasteiger partial charge in [0, 0.05) is 12.6 Å². The van der Waals surface area contributed by atoms with Crippen LogP contribution in [0.2, 0.25) is 0 Å². The van der Waals surface area contributed by atoms with Crippen molar-refractivity contribution in [3.63, 3.8) is 0 Å². The zero-order valence-corrected chi connectivity index (χ0v) is 7.58. The fourth-order valence-electron chi connectivity index (χ4n) is 1.11. The Bertz CT molecular complexity index is 353. The topological polar surface area (TPSA) is 75.8 Å².